The Balaban J connectivity index is 1.62. The molecule has 2 amide bonds. The van der Waals surface area contributed by atoms with Crippen molar-refractivity contribution in [3.8, 4) is 0 Å². The fourth-order valence-corrected chi connectivity index (χ4v) is 5.05. The average Bonchev–Trinajstić information content (AvgIpc) is 3.27. The van der Waals surface area contributed by atoms with Gasteiger partial charge in [-0.3, -0.25) is 19.0 Å². The van der Waals surface area contributed by atoms with E-state index in [0.29, 0.717) is 19.3 Å². The highest BCUT2D eigenvalue weighted by atomic mass is 32.2. The second-order valence-electron chi connectivity index (χ2n) is 8.03. The van der Waals surface area contributed by atoms with Crippen molar-refractivity contribution in [2.75, 3.05) is 0 Å². The van der Waals surface area contributed by atoms with E-state index in [4.69, 9.17) is 0 Å². The molecule has 2 N–H and O–H groups in total. The van der Waals surface area contributed by atoms with E-state index in [1.807, 2.05) is 20.2 Å². The number of nitrogens with zero attached hydrogens (tertiary/aromatic N) is 4. The predicted molar refractivity (Wildman–Crippen MR) is 113 cm³/mol. The summed E-state index contributed by atoms with van der Waals surface area (Å²) in [7, 11) is -0.609. The zero-order valence-corrected chi connectivity index (χ0v) is 19.0. The van der Waals surface area contributed by atoms with Crippen LogP contribution in [0.3, 0.4) is 0 Å². The van der Waals surface area contributed by atoms with Crippen molar-refractivity contribution in [2.45, 2.75) is 63.3 Å². The van der Waals surface area contributed by atoms with Gasteiger partial charge < -0.3 is 5.32 Å². The van der Waals surface area contributed by atoms with Gasteiger partial charge in [-0.15, -0.1) is 0 Å². The number of hydrogen-bond donors (Lipinski definition) is 2. The SMILES string of the molecule is CCCCCC(=O)NS(=O)(=O)c1cn(C)nc1CNC(=O)C1CCc2cn(C)nc2C1. The predicted octanol–water partition coefficient (Wildman–Crippen LogP) is 0.960. The number of rotatable bonds is 9. The lowest BCUT2D eigenvalue weighted by Gasteiger charge is -2.20. The number of fused-ring (bicyclic) bond motifs is 1. The Bertz CT molecular complexity index is 1060. The van der Waals surface area contributed by atoms with Gasteiger partial charge in [0.25, 0.3) is 10.0 Å². The molecule has 1 aliphatic rings. The van der Waals surface area contributed by atoms with Crippen LogP contribution < -0.4 is 10.0 Å². The van der Waals surface area contributed by atoms with Crippen molar-refractivity contribution >= 4 is 21.8 Å². The van der Waals surface area contributed by atoms with Crippen LogP contribution in [0.4, 0.5) is 0 Å². The quantitative estimate of drug-likeness (QED) is 0.548. The Morgan fingerprint density at radius 3 is 2.65 bits per heavy atom. The van der Waals surface area contributed by atoms with E-state index in [0.717, 1.165) is 25.0 Å². The third-order valence-corrected chi connectivity index (χ3v) is 6.82. The number of aromatic nitrogens is 4. The van der Waals surface area contributed by atoms with Crippen molar-refractivity contribution in [3.05, 3.63) is 29.3 Å². The standard InChI is InChI=1S/C20H30N6O4S/c1-4-5-6-7-19(27)24-31(29,30)18-13-26(3)23-17(18)11-21-20(28)14-8-9-15-12-25(2)22-16(15)10-14/h12-14H,4-11H2,1-3H3,(H,21,28)(H,24,27). The molecule has 1 atom stereocenters. The molecule has 0 radical (unpaired) electrons. The largest absolute Gasteiger partial charge is 0.350 e. The molecular formula is C20H30N6O4S. The van der Waals surface area contributed by atoms with Gasteiger partial charge in [0.15, 0.2) is 0 Å². The van der Waals surface area contributed by atoms with E-state index in [2.05, 4.69) is 20.2 Å². The van der Waals surface area contributed by atoms with Crippen molar-refractivity contribution < 1.29 is 18.0 Å². The van der Waals surface area contributed by atoms with E-state index in [1.54, 1.807) is 11.7 Å². The average molecular weight is 451 g/mol. The molecule has 0 bridgehead atoms. The zero-order valence-electron chi connectivity index (χ0n) is 18.2. The first-order chi connectivity index (χ1) is 14.7. The maximum atomic E-state index is 12.7. The molecule has 0 saturated carbocycles. The molecule has 1 unspecified atom stereocenters. The Morgan fingerprint density at radius 1 is 1.16 bits per heavy atom. The van der Waals surface area contributed by atoms with Crippen LogP contribution in [0.2, 0.25) is 0 Å². The van der Waals surface area contributed by atoms with Crippen molar-refractivity contribution in [1.29, 1.82) is 0 Å². The topological polar surface area (TPSA) is 128 Å². The summed E-state index contributed by atoms with van der Waals surface area (Å²) < 4.78 is 30.6. The van der Waals surface area contributed by atoms with Gasteiger partial charge in [0.2, 0.25) is 11.8 Å². The van der Waals surface area contributed by atoms with Gasteiger partial charge >= 0.3 is 0 Å². The van der Waals surface area contributed by atoms with Gasteiger partial charge in [0, 0.05) is 45.2 Å². The van der Waals surface area contributed by atoms with Crippen molar-refractivity contribution in [3.63, 3.8) is 0 Å². The maximum absolute atomic E-state index is 12.7. The first kappa shape index (κ1) is 23.0. The molecule has 2 heterocycles. The fourth-order valence-electron chi connectivity index (χ4n) is 3.82. The minimum Gasteiger partial charge on any atom is -0.350 e. The highest BCUT2D eigenvalue weighted by molar-refractivity contribution is 7.90. The molecular weight excluding hydrogens is 420 g/mol. The summed E-state index contributed by atoms with van der Waals surface area (Å²) in [4.78, 5) is 24.6. The van der Waals surface area contributed by atoms with E-state index < -0.39 is 15.9 Å². The molecule has 1 aliphatic carbocycles. The Hall–Kier alpha value is -2.69. The van der Waals surface area contributed by atoms with Crippen LogP contribution >= 0.6 is 0 Å². The molecule has 2 aromatic rings. The molecule has 170 valence electrons. The Morgan fingerprint density at radius 2 is 1.90 bits per heavy atom. The number of carbonyl (C=O) groups excluding carboxylic acids is 2. The van der Waals surface area contributed by atoms with Crippen LogP contribution in [0, 0.1) is 5.92 Å². The van der Waals surface area contributed by atoms with Crippen LogP contribution in [-0.4, -0.2) is 39.8 Å². The number of sulfonamides is 1. The van der Waals surface area contributed by atoms with Gasteiger partial charge in [-0.25, -0.2) is 13.1 Å². The Labute approximate surface area is 182 Å². The number of unbranched alkanes of at least 4 members (excludes halogenated alkanes) is 2. The molecule has 11 heteroatoms. The zero-order chi connectivity index (χ0) is 22.6. The molecule has 0 saturated heterocycles. The van der Waals surface area contributed by atoms with Crippen LogP contribution in [0.5, 0.6) is 0 Å². The molecule has 0 aliphatic heterocycles. The lowest BCUT2D eigenvalue weighted by Crippen LogP contribution is -2.35. The number of aryl methyl sites for hydroxylation is 3. The molecule has 0 aromatic carbocycles. The smallest absolute Gasteiger partial charge is 0.267 e. The summed E-state index contributed by atoms with van der Waals surface area (Å²) in [5, 5.41) is 11.4. The monoisotopic (exact) mass is 450 g/mol. The van der Waals surface area contributed by atoms with Crippen LogP contribution in [0.15, 0.2) is 17.3 Å². The Kier molecular flexibility index (Phi) is 7.14. The molecule has 0 spiro atoms. The number of hydrogen-bond acceptors (Lipinski definition) is 6. The van der Waals surface area contributed by atoms with Crippen LogP contribution in [0.25, 0.3) is 0 Å². The molecule has 0 fully saturated rings. The summed E-state index contributed by atoms with van der Waals surface area (Å²) in [6.45, 7) is 1.97. The van der Waals surface area contributed by atoms with Crippen LogP contribution in [-0.2, 0) is 53.1 Å². The minimum absolute atomic E-state index is 0.0362. The number of nitrogens with one attached hydrogen (secondary N) is 2. The summed E-state index contributed by atoms with van der Waals surface area (Å²) in [6, 6.07) is 0. The first-order valence-electron chi connectivity index (χ1n) is 10.6. The maximum Gasteiger partial charge on any atom is 0.267 e. The fraction of sp³-hybridized carbons (Fsp3) is 0.600. The number of amides is 2. The van der Waals surface area contributed by atoms with Gasteiger partial charge in [0.1, 0.15) is 10.6 Å². The highest BCUT2D eigenvalue weighted by Gasteiger charge is 2.28. The molecule has 10 nitrogen and oxygen atoms in total. The highest BCUT2D eigenvalue weighted by Crippen LogP contribution is 2.24. The minimum atomic E-state index is -4.06. The van der Waals surface area contributed by atoms with Crippen molar-refractivity contribution in [1.82, 2.24) is 29.6 Å². The normalized spacial score (nSPS) is 16.0. The van der Waals surface area contributed by atoms with E-state index in [1.165, 1.54) is 16.4 Å². The van der Waals surface area contributed by atoms with Crippen LogP contribution in [0.1, 0.15) is 56.0 Å². The van der Waals surface area contributed by atoms with E-state index >= 15 is 0 Å². The van der Waals surface area contributed by atoms with Gasteiger partial charge in [0.05, 0.1) is 12.2 Å². The van der Waals surface area contributed by atoms with Gasteiger partial charge in [-0.2, -0.15) is 10.2 Å². The number of carbonyl (C=O) groups is 2. The summed E-state index contributed by atoms with van der Waals surface area (Å²) >= 11 is 0. The van der Waals surface area contributed by atoms with Crippen molar-refractivity contribution in [2.24, 2.45) is 20.0 Å². The second-order valence-corrected chi connectivity index (χ2v) is 9.68. The van der Waals surface area contributed by atoms with E-state index in [9.17, 15) is 18.0 Å². The summed E-state index contributed by atoms with van der Waals surface area (Å²) in [6.07, 6.45) is 7.95. The molecule has 3 rings (SSSR count). The molecule has 31 heavy (non-hydrogen) atoms. The lowest BCUT2D eigenvalue weighted by atomic mass is 9.87. The molecule has 2 aromatic heterocycles. The summed E-state index contributed by atoms with van der Waals surface area (Å²) in [5.41, 5.74) is 2.29. The first-order valence-corrected chi connectivity index (χ1v) is 12.0. The summed E-state index contributed by atoms with van der Waals surface area (Å²) in [5.74, 6) is -0.918. The van der Waals surface area contributed by atoms with E-state index in [-0.39, 0.29) is 35.4 Å². The van der Waals surface area contributed by atoms with Gasteiger partial charge in [-0.05, 0) is 24.8 Å². The second kappa shape index (κ2) is 9.63. The third-order valence-electron chi connectivity index (χ3n) is 5.41. The third kappa shape index (κ3) is 5.72. The lowest BCUT2D eigenvalue weighted by molar-refractivity contribution is -0.125. The van der Waals surface area contributed by atoms with Gasteiger partial charge in [-0.1, -0.05) is 19.8 Å².